The van der Waals surface area contributed by atoms with Crippen molar-refractivity contribution in [1.82, 2.24) is 4.98 Å². The zero-order valence-corrected chi connectivity index (χ0v) is 14.6. The molecule has 26 heavy (non-hydrogen) atoms. The third-order valence-electron chi connectivity index (χ3n) is 3.22. The summed E-state index contributed by atoms with van der Waals surface area (Å²) in [7, 11) is 1.47. The summed E-state index contributed by atoms with van der Waals surface area (Å²) in [5, 5.41) is 2.61. The number of anilines is 1. The molecule has 0 saturated heterocycles. The second kappa shape index (κ2) is 9.83. The number of pyridine rings is 1. The van der Waals surface area contributed by atoms with E-state index in [9.17, 15) is 9.59 Å². The maximum absolute atomic E-state index is 12.0. The number of carbonyl (C=O) groups excluding carboxylic acids is 2. The molecule has 1 amide bonds. The van der Waals surface area contributed by atoms with Crippen molar-refractivity contribution in [1.29, 1.82) is 0 Å². The van der Waals surface area contributed by atoms with Crippen molar-refractivity contribution in [2.75, 3.05) is 19.0 Å². The Hall–Kier alpha value is -3.35. The molecule has 1 aromatic carbocycles. The minimum atomic E-state index is -0.633. The highest BCUT2D eigenvalue weighted by atomic mass is 16.5. The van der Waals surface area contributed by atoms with Crippen molar-refractivity contribution in [3.8, 4) is 5.88 Å². The van der Waals surface area contributed by atoms with Crippen molar-refractivity contribution < 1.29 is 23.8 Å². The lowest BCUT2D eigenvalue weighted by Crippen LogP contribution is -2.14. The molecule has 0 radical (unpaired) electrons. The van der Waals surface area contributed by atoms with Crippen molar-refractivity contribution in [3.63, 3.8) is 0 Å². The number of amides is 1. The van der Waals surface area contributed by atoms with Crippen LogP contribution in [0, 0.1) is 0 Å². The molecule has 7 nitrogen and oxygen atoms in total. The maximum Gasteiger partial charge on any atom is 0.412 e. The number of methoxy groups -OCH3 is 1. The summed E-state index contributed by atoms with van der Waals surface area (Å²) in [6.45, 7) is 2.13. The predicted molar refractivity (Wildman–Crippen MR) is 96.7 cm³/mol. The van der Waals surface area contributed by atoms with Crippen LogP contribution in [0.2, 0.25) is 0 Å². The fourth-order valence-electron chi connectivity index (χ4n) is 2.01. The third kappa shape index (κ3) is 5.94. The number of nitrogens with one attached hydrogen (secondary N) is 1. The van der Waals surface area contributed by atoms with Crippen molar-refractivity contribution in [3.05, 3.63) is 59.8 Å². The smallest absolute Gasteiger partial charge is 0.412 e. The first kappa shape index (κ1) is 19.0. The molecule has 0 fully saturated rings. The molecule has 0 unspecified atom stereocenters. The molecular formula is C19H20N2O5. The Bertz CT molecular complexity index is 775. The van der Waals surface area contributed by atoms with E-state index in [2.05, 4.69) is 10.3 Å². The van der Waals surface area contributed by atoms with Gasteiger partial charge in [-0.2, -0.15) is 0 Å². The first-order valence-corrected chi connectivity index (χ1v) is 8.00. The first-order chi connectivity index (χ1) is 12.6. The van der Waals surface area contributed by atoms with Crippen LogP contribution in [0.4, 0.5) is 10.5 Å². The molecular weight excluding hydrogens is 336 g/mol. The zero-order valence-electron chi connectivity index (χ0n) is 14.6. The van der Waals surface area contributed by atoms with E-state index >= 15 is 0 Å². The van der Waals surface area contributed by atoms with Gasteiger partial charge in [-0.15, -0.1) is 0 Å². The van der Waals surface area contributed by atoms with Crippen LogP contribution >= 0.6 is 0 Å². The van der Waals surface area contributed by atoms with Gasteiger partial charge in [-0.05, 0) is 24.6 Å². The minimum absolute atomic E-state index is 0.143. The quantitative estimate of drug-likeness (QED) is 0.604. The number of hydrogen-bond donors (Lipinski definition) is 1. The van der Waals surface area contributed by atoms with Crippen LogP contribution in [-0.4, -0.2) is 30.8 Å². The van der Waals surface area contributed by atoms with Crippen LogP contribution in [0.15, 0.2) is 48.5 Å². The van der Waals surface area contributed by atoms with Gasteiger partial charge in [-0.25, -0.2) is 14.6 Å². The van der Waals surface area contributed by atoms with E-state index < -0.39 is 12.1 Å². The number of rotatable bonds is 7. The SMILES string of the molecule is CCOC(=O)C=Cc1nc(OC)ccc1NC(=O)OCc1ccccc1. The minimum Gasteiger partial charge on any atom is -0.481 e. The van der Waals surface area contributed by atoms with E-state index in [1.165, 1.54) is 19.3 Å². The Labute approximate surface area is 151 Å². The molecule has 1 aromatic heterocycles. The Kier molecular flexibility index (Phi) is 7.17. The summed E-state index contributed by atoms with van der Waals surface area (Å²) >= 11 is 0. The molecule has 0 spiro atoms. The fourth-order valence-corrected chi connectivity index (χ4v) is 2.01. The Morgan fingerprint density at radius 2 is 1.88 bits per heavy atom. The largest absolute Gasteiger partial charge is 0.481 e. The van der Waals surface area contributed by atoms with Gasteiger partial charge in [0.1, 0.15) is 6.61 Å². The Balaban J connectivity index is 2.06. The third-order valence-corrected chi connectivity index (χ3v) is 3.22. The first-order valence-electron chi connectivity index (χ1n) is 8.00. The average Bonchev–Trinajstić information content (AvgIpc) is 2.66. The lowest BCUT2D eigenvalue weighted by Gasteiger charge is -2.10. The molecule has 1 N–H and O–H groups in total. The predicted octanol–water partition coefficient (Wildman–Crippen LogP) is 3.42. The number of nitrogens with zero attached hydrogens (tertiary/aromatic N) is 1. The Morgan fingerprint density at radius 1 is 1.12 bits per heavy atom. The average molecular weight is 356 g/mol. The zero-order chi connectivity index (χ0) is 18.8. The van der Waals surface area contributed by atoms with Gasteiger partial charge in [0.15, 0.2) is 0 Å². The molecule has 0 bridgehead atoms. The molecule has 7 heteroatoms. The van der Waals surface area contributed by atoms with E-state index in [1.54, 1.807) is 19.1 Å². The van der Waals surface area contributed by atoms with Gasteiger partial charge in [0.05, 0.1) is 25.1 Å². The molecule has 2 rings (SSSR count). The monoisotopic (exact) mass is 356 g/mol. The highest BCUT2D eigenvalue weighted by Crippen LogP contribution is 2.20. The van der Waals surface area contributed by atoms with Crippen molar-refractivity contribution >= 4 is 23.8 Å². The van der Waals surface area contributed by atoms with Gasteiger partial charge in [-0.3, -0.25) is 5.32 Å². The number of benzene rings is 1. The van der Waals surface area contributed by atoms with Crippen molar-refractivity contribution in [2.45, 2.75) is 13.5 Å². The van der Waals surface area contributed by atoms with E-state index in [1.807, 2.05) is 30.3 Å². The summed E-state index contributed by atoms with van der Waals surface area (Å²) in [6, 6.07) is 12.5. The van der Waals surface area contributed by atoms with Crippen LogP contribution in [0.1, 0.15) is 18.2 Å². The van der Waals surface area contributed by atoms with E-state index in [0.29, 0.717) is 17.3 Å². The number of aromatic nitrogens is 1. The van der Waals surface area contributed by atoms with E-state index in [4.69, 9.17) is 14.2 Å². The summed E-state index contributed by atoms with van der Waals surface area (Å²) in [6.07, 6.45) is 2.03. The molecule has 0 aliphatic heterocycles. The van der Waals surface area contributed by atoms with Gasteiger partial charge in [0.2, 0.25) is 5.88 Å². The van der Waals surface area contributed by atoms with Crippen LogP contribution in [0.5, 0.6) is 5.88 Å². The number of hydrogen-bond acceptors (Lipinski definition) is 6. The van der Waals surface area contributed by atoms with Gasteiger partial charge >= 0.3 is 12.1 Å². The molecule has 0 atom stereocenters. The van der Waals surface area contributed by atoms with Crippen LogP contribution in [0.3, 0.4) is 0 Å². The lowest BCUT2D eigenvalue weighted by molar-refractivity contribution is -0.137. The van der Waals surface area contributed by atoms with Gasteiger partial charge in [0, 0.05) is 12.1 Å². The van der Waals surface area contributed by atoms with Crippen molar-refractivity contribution in [2.24, 2.45) is 0 Å². The highest BCUT2D eigenvalue weighted by Gasteiger charge is 2.10. The van der Waals surface area contributed by atoms with Gasteiger partial charge in [0.25, 0.3) is 0 Å². The standard InChI is InChI=1S/C19H20N2O5/c1-3-25-18(22)12-10-15-16(9-11-17(20-15)24-2)21-19(23)26-13-14-7-5-4-6-8-14/h4-12H,3,13H2,1-2H3,(H,21,23). The maximum atomic E-state index is 12.0. The van der Waals surface area contributed by atoms with Crippen LogP contribution < -0.4 is 10.1 Å². The lowest BCUT2D eigenvalue weighted by atomic mass is 10.2. The molecule has 0 aliphatic rings. The molecule has 0 saturated carbocycles. The van der Waals surface area contributed by atoms with Crippen LogP contribution in [-0.2, 0) is 20.9 Å². The second-order valence-corrected chi connectivity index (χ2v) is 5.06. The van der Waals surface area contributed by atoms with E-state index in [-0.39, 0.29) is 13.2 Å². The molecule has 1 heterocycles. The topological polar surface area (TPSA) is 86.8 Å². The summed E-state index contributed by atoms with van der Waals surface area (Å²) in [4.78, 5) is 27.7. The number of carbonyl (C=O) groups is 2. The van der Waals surface area contributed by atoms with Gasteiger partial charge in [-0.1, -0.05) is 30.3 Å². The number of esters is 1. The second-order valence-electron chi connectivity index (χ2n) is 5.06. The normalized spacial score (nSPS) is 10.4. The van der Waals surface area contributed by atoms with E-state index in [0.717, 1.165) is 5.56 Å². The fraction of sp³-hybridized carbons (Fsp3) is 0.211. The number of ether oxygens (including phenoxy) is 3. The highest BCUT2D eigenvalue weighted by molar-refractivity contribution is 5.91. The molecule has 2 aromatic rings. The summed E-state index contributed by atoms with van der Waals surface area (Å²) in [5.74, 6) is -0.161. The summed E-state index contributed by atoms with van der Waals surface area (Å²) in [5.41, 5.74) is 1.59. The molecule has 0 aliphatic carbocycles. The van der Waals surface area contributed by atoms with Gasteiger partial charge < -0.3 is 14.2 Å². The van der Waals surface area contributed by atoms with Crippen LogP contribution in [0.25, 0.3) is 6.08 Å². The molecule has 136 valence electrons. The summed E-state index contributed by atoms with van der Waals surface area (Å²) < 4.78 is 15.1. The Morgan fingerprint density at radius 3 is 2.58 bits per heavy atom.